The van der Waals surface area contributed by atoms with Crippen molar-refractivity contribution in [2.75, 3.05) is 0 Å². The average Bonchev–Trinajstić information content (AvgIpc) is 1.98. The molecule has 1 unspecified atom stereocenters. The molecule has 3 N–H and O–H groups in total. The molecule has 13 heavy (non-hydrogen) atoms. The van der Waals surface area contributed by atoms with Gasteiger partial charge in [0, 0.05) is 9.61 Å². The molecule has 0 saturated heterocycles. The van der Waals surface area contributed by atoms with Gasteiger partial charge in [0.25, 0.3) is 0 Å². The molecule has 0 fully saturated rings. The van der Waals surface area contributed by atoms with E-state index in [-0.39, 0.29) is 6.04 Å². The Bertz CT molecular complexity index is 313. The van der Waals surface area contributed by atoms with Crippen molar-refractivity contribution < 1.29 is 5.11 Å². The molecule has 0 aliphatic rings. The van der Waals surface area contributed by atoms with E-state index >= 15 is 0 Å². The molecular formula is C9H11I2NO. The number of rotatable bonds is 2. The zero-order valence-corrected chi connectivity index (χ0v) is 11.5. The average molecular weight is 403 g/mol. The molecule has 0 heterocycles. The van der Waals surface area contributed by atoms with Gasteiger partial charge in [-0.2, -0.15) is 0 Å². The lowest BCUT2D eigenvalue weighted by atomic mass is 10.1. The Morgan fingerprint density at radius 1 is 1.46 bits per heavy atom. The molecule has 0 saturated carbocycles. The lowest BCUT2D eigenvalue weighted by Crippen LogP contribution is -2.18. The number of hydrogen-bond acceptors (Lipinski definition) is 2. The van der Waals surface area contributed by atoms with Gasteiger partial charge in [-0.05, 0) is 76.2 Å². The Morgan fingerprint density at radius 2 is 2.08 bits per heavy atom. The summed E-state index contributed by atoms with van der Waals surface area (Å²) in [5.41, 5.74) is 6.61. The topological polar surface area (TPSA) is 46.2 Å². The first-order chi connectivity index (χ1) is 6.00. The zero-order valence-electron chi connectivity index (χ0n) is 7.22. The van der Waals surface area contributed by atoms with Crippen molar-refractivity contribution in [3.05, 3.63) is 24.8 Å². The zero-order chi connectivity index (χ0) is 10.0. The Kier molecular flexibility index (Phi) is 4.24. The number of nitrogens with two attached hydrogens (primary N) is 1. The van der Waals surface area contributed by atoms with Crippen LogP contribution in [0, 0.1) is 7.14 Å². The van der Waals surface area contributed by atoms with E-state index in [0.29, 0.717) is 5.75 Å². The van der Waals surface area contributed by atoms with Crippen LogP contribution in [-0.2, 0) is 6.42 Å². The largest absolute Gasteiger partial charge is 0.507 e. The lowest BCUT2D eigenvalue weighted by molar-refractivity contribution is 0.461. The predicted molar refractivity (Wildman–Crippen MR) is 70.9 cm³/mol. The van der Waals surface area contributed by atoms with E-state index in [2.05, 4.69) is 45.2 Å². The summed E-state index contributed by atoms with van der Waals surface area (Å²) in [7, 11) is 0. The molecule has 1 rings (SSSR count). The van der Waals surface area contributed by atoms with Crippen LogP contribution in [0.1, 0.15) is 12.5 Å². The minimum Gasteiger partial charge on any atom is -0.507 e. The number of hydrogen-bond donors (Lipinski definition) is 2. The van der Waals surface area contributed by atoms with Crippen LogP contribution in [0.15, 0.2) is 12.1 Å². The maximum Gasteiger partial charge on any atom is 0.132 e. The minimum absolute atomic E-state index is 0.0832. The van der Waals surface area contributed by atoms with Gasteiger partial charge in [0.15, 0.2) is 0 Å². The number of phenols is 1. The SMILES string of the molecule is CC(N)Cc1cc(I)cc(I)c1O. The van der Waals surface area contributed by atoms with Gasteiger partial charge in [0.05, 0.1) is 3.57 Å². The second-order valence-electron chi connectivity index (χ2n) is 3.08. The third kappa shape index (κ3) is 3.25. The summed E-state index contributed by atoms with van der Waals surface area (Å²) in [5, 5.41) is 9.70. The lowest BCUT2D eigenvalue weighted by Gasteiger charge is -2.09. The molecule has 1 aromatic carbocycles. The van der Waals surface area contributed by atoms with E-state index in [1.807, 2.05) is 19.1 Å². The molecule has 0 aliphatic heterocycles. The third-order valence-electron chi connectivity index (χ3n) is 1.65. The highest BCUT2D eigenvalue weighted by Crippen LogP contribution is 2.27. The summed E-state index contributed by atoms with van der Waals surface area (Å²) in [6.07, 6.45) is 0.721. The fraction of sp³-hybridized carbons (Fsp3) is 0.333. The highest BCUT2D eigenvalue weighted by atomic mass is 127. The van der Waals surface area contributed by atoms with Gasteiger partial charge in [0.1, 0.15) is 5.75 Å². The first-order valence-corrected chi connectivity index (χ1v) is 6.09. The number of aromatic hydroxyl groups is 1. The molecule has 0 radical (unpaired) electrons. The summed E-state index contributed by atoms with van der Waals surface area (Å²) in [4.78, 5) is 0. The van der Waals surface area contributed by atoms with Gasteiger partial charge in [-0.1, -0.05) is 0 Å². The second kappa shape index (κ2) is 4.79. The van der Waals surface area contributed by atoms with Gasteiger partial charge in [-0.25, -0.2) is 0 Å². The second-order valence-corrected chi connectivity index (χ2v) is 5.48. The molecule has 4 heteroatoms. The summed E-state index contributed by atoms with van der Waals surface area (Å²) in [6.45, 7) is 1.94. The van der Waals surface area contributed by atoms with Crippen molar-refractivity contribution in [1.29, 1.82) is 0 Å². The predicted octanol–water partition coefficient (Wildman–Crippen LogP) is 2.49. The van der Waals surface area contributed by atoms with Crippen molar-refractivity contribution in [3.8, 4) is 5.75 Å². The van der Waals surface area contributed by atoms with Crippen LogP contribution >= 0.6 is 45.2 Å². The third-order valence-corrected chi connectivity index (χ3v) is 3.09. The number of phenolic OH excluding ortho intramolecular Hbond substituents is 1. The quantitative estimate of drug-likeness (QED) is 0.746. The van der Waals surface area contributed by atoms with E-state index in [1.54, 1.807) is 0 Å². The summed E-state index contributed by atoms with van der Waals surface area (Å²) in [6, 6.07) is 4.00. The van der Waals surface area contributed by atoms with Gasteiger partial charge in [-0.3, -0.25) is 0 Å². The monoisotopic (exact) mass is 403 g/mol. The summed E-state index contributed by atoms with van der Waals surface area (Å²) >= 11 is 4.36. The van der Waals surface area contributed by atoms with Gasteiger partial charge in [0.2, 0.25) is 0 Å². The normalized spacial score (nSPS) is 12.9. The van der Waals surface area contributed by atoms with Crippen LogP contribution in [0.3, 0.4) is 0 Å². The fourth-order valence-electron chi connectivity index (χ4n) is 1.12. The molecule has 1 atom stereocenters. The molecule has 0 amide bonds. The first kappa shape index (κ1) is 11.5. The van der Waals surface area contributed by atoms with Crippen molar-refractivity contribution in [2.24, 2.45) is 5.73 Å². The molecule has 0 aromatic heterocycles. The van der Waals surface area contributed by atoms with Crippen molar-refractivity contribution in [1.82, 2.24) is 0 Å². The summed E-state index contributed by atoms with van der Waals surface area (Å²) in [5.74, 6) is 0.373. The van der Waals surface area contributed by atoms with Crippen LogP contribution in [-0.4, -0.2) is 11.1 Å². The molecule has 0 spiro atoms. The Balaban J connectivity index is 3.05. The highest BCUT2D eigenvalue weighted by Gasteiger charge is 2.08. The fourth-order valence-corrected chi connectivity index (χ4v) is 3.09. The van der Waals surface area contributed by atoms with Gasteiger partial charge in [-0.15, -0.1) is 0 Å². The standard InChI is InChI=1S/C9H11I2NO/c1-5(12)2-6-3-7(10)4-8(11)9(6)13/h3-5,13H,2,12H2,1H3. The molecule has 0 bridgehead atoms. The molecule has 0 aliphatic carbocycles. The van der Waals surface area contributed by atoms with E-state index in [9.17, 15) is 5.11 Å². The molecule has 2 nitrogen and oxygen atoms in total. The van der Waals surface area contributed by atoms with Crippen LogP contribution in [0.5, 0.6) is 5.75 Å². The summed E-state index contributed by atoms with van der Waals surface area (Å²) < 4.78 is 2.02. The Labute approximate surface area is 105 Å². The van der Waals surface area contributed by atoms with Crippen LogP contribution in [0.25, 0.3) is 0 Å². The van der Waals surface area contributed by atoms with Crippen molar-refractivity contribution in [3.63, 3.8) is 0 Å². The van der Waals surface area contributed by atoms with Crippen LogP contribution < -0.4 is 5.73 Å². The maximum atomic E-state index is 9.70. The van der Waals surface area contributed by atoms with E-state index in [4.69, 9.17) is 5.73 Å². The smallest absolute Gasteiger partial charge is 0.132 e. The van der Waals surface area contributed by atoms with Gasteiger partial charge >= 0.3 is 0 Å². The number of halogens is 2. The van der Waals surface area contributed by atoms with E-state index in [0.717, 1.165) is 19.1 Å². The van der Waals surface area contributed by atoms with Crippen molar-refractivity contribution >= 4 is 45.2 Å². The highest BCUT2D eigenvalue weighted by molar-refractivity contribution is 14.1. The van der Waals surface area contributed by atoms with E-state index in [1.165, 1.54) is 0 Å². The molecular weight excluding hydrogens is 392 g/mol. The molecule has 1 aromatic rings. The minimum atomic E-state index is 0.0832. The molecule has 72 valence electrons. The van der Waals surface area contributed by atoms with Gasteiger partial charge < -0.3 is 10.8 Å². The number of benzene rings is 1. The van der Waals surface area contributed by atoms with Crippen molar-refractivity contribution in [2.45, 2.75) is 19.4 Å². The van der Waals surface area contributed by atoms with Crippen LogP contribution in [0.2, 0.25) is 0 Å². The van der Waals surface area contributed by atoms with Crippen LogP contribution in [0.4, 0.5) is 0 Å². The first-order valence-electron chi connectivity index (χ1n) is 3.93. The maximum absolute atomic E-state index is 9.70. The Hall–Kier alpha value is 0.440. The Morgan fingerprint density at radius 3 is 2.62 bits per heavy atom. The van der Waals surface area contributed by atoms with E-state index < -0.39 is 0 Å².